The van der Waals surface area contributed by atoms with E-state index in [0.29, 0.717) is 33.2 Å². The second-order valence-electron chi connectivity index (χ2n) is 3.92. The van der Waals surface area contributed by atoms with Crippen LogP contribution < -0.4 is 19.9 Å². The molecule has 0 aliphatic rings. The Morgan fingerprint density at radius 2 is 1.60 bits per heavy atom. The summed E-state index contributed by atoms with van der Waals surface area (Å²) in [6.45, 7) is 0. The molecule has 0 saturated carbocycles. The van der Waals surface area contributed by atoms with Crippen molar-refractivity contribution in [2.24, 2.45) is 0 Å². The molecule has 0 spiro atoms. The molecule has 2 aromatic rings. The average molecular weight is 342 g/mol. The molecule has 0 unspecified atom stereocenters. The third-order valence-electron chi connectivity index (χ3n) is 2.63. The van der Waals surface area contributed by atoms with Crippen LogP contribution in [0.25, 0.3) is 0 Å². The number of nitrogen functional groups attached to an aromatic ring is 1. The van der Waals surface area contributed by atoms with Crippen LogP contribution in [-0.4, -0.2) is 14.2 Å². The van der Waals surface area contributed by atoms with Gasteiger partial charge in [0.05, 0.1) is 24.4 Å². The van der Waals surface area contributed by atoms with Crippen LogP contribution >= 0.6 is 15.9 Å². The molecule has 2 rings (SSSR count). The molecule has 0 aromatic heterocycles. The first kappa shape index (κ1) is 14.5. The molecule has 2 N–H and O–H groups in total. The zero-order valence-electron chi connectivity index (χ0n) is 10.9. The molecule has 20 heavy (non-hydrogen) atoms. The van der Waals surface area contributed by atoms with Crippen molar-refractivity contribution in [3.05, 3.63) is 40.6 Å². The molecule has 106 valence electrons. The van der Waals surface area contributed by atoms with E-state index in [4.69, 9.17) is 19.9 Å². The van der Waals surface area contributed by atoms with Gasteiger partial charge in [0.15, 0.2) is 17.2 Å². The molecular weight excluding hydrogens is 329 g/mol. The van der Waals surface area contributed by atoms with Gasteiger partial charge < -0.3 is 19.9 Å². The second kappa shape index (κ2) is 6.00. The van der Waals surface area contributed by atoms with Crippen molar-refractivity contribution >= 4 is 21.6 Å². The van der Waals surface area contributed by atoms with Gasteiger partial charge in [0, 0.05) is 18.2 Å². The number of anilines is 1. The van der Waals surface area contributed by atoms with E-state index in [1.165, 1.54) is 26.4 Å². The molecule has 0 bridgehead atoms. The first-order valence-corrected chi connectivity index (χ1v) is 6.49. The maximum atomic E-state index is 13.2. The fourth-order valence-corrected chi connectivity index (χ4v) is 1.97. The van der Waals surface area contributed by atoms with Crippen LogP contribution in [0.2, 0.25) is 0 Å². The predicted octanol–water partition coefficient (Wildman–Crippen LogP) is 3.98. The number of nitrogens with two attached hydrogens (primary N) is 1. The van der Waals surface area contributed by atoms with Crippen LogP contribution in [-0.2, 0) is 0 Å². The van der Waals surface area contributed by atoms with Crippen molar-refractivity contribution in [3.8, 4) is 23.0 Å². The lowest BCUT2D eigenvalue weighted by Crippen LogP contribution is -1.97. The molecule has 0 heterocycles. The molecule has 2 aromatic carbocycles. The second-order valence-corrected chi connectivity index (χ2v) is 4.78. The molecule has 0 saturated heterocycles. The van der Waals surface area contributed by atoms with Crippen LogP contribution in [0.5, 0.6) is 23.0 Å². The highest BCUT2D eigenvalue weighted by atomic mass is 79.9. The van der Waals surface area contributed by atoms with Gasteiger partial charge in [0.25, 0.3) is 0 Å². The van der Waals surface area contributed by atoms with Crippen molar-refractivity contribution < 1.29 is 18.6 Å². The van der Waals surface area contributed by atoms with E-state index in [-0.39, 0.29) is 0 Å². The van der Waals surface area contributed by atoms with Crippen molar-refractivity contribution in [1.29, 1.82) is 0 Å². The summed E-state index contributed by atoms with van der Waals surface area (Å²) in [5.74, 6) is 1.25. The minimum Gasteiger partial charge on any atom is -0.493 e. The van der Waals surface area contributed by atoms with Gasteiger partial charge in [0.1, 0.15) is 11.6 Å². The zero-order chi connectivity index (χ0) is 14.7. The topological polar surface area (TPSA) is 53.7 Å². The Bertz CT molecular complexity index is 634. The molecule has 0 amide bonds. The van der Waals surface area contributed by atoms with Gasteiger partial charge in [-0.15, -0.1) is 0 Å². The Balaban J connectivity index is 2.40. The highest BCUT2D eigenvalue weighted by Gasteiger charge is 2.12. The monoisotopic (exact) mass is 341 g/mol. The van der Waals surface area contributed by atoms with Gasteiger partial charge in [-0.05, 0) is 28.1 Å². The largest absolute Gasteiger partial charge is 0.493 e. The summed E-state index contributed by atoms with van der Waals surface area (Å²) in [5, 5.41) is 0. The van der Waals surface area contributed by atoms with Crippen LogP contribution in [0.3, 0.4) is 0 Å². The molecule has 0 fully saturated rings. The van der Waals surface area contributed by atoms with E-state index < -0.39 is 5.82 Å². The maximum Gasteiger partial charge on any atom is 0.164 e. The van der Waals surface area contributed by atoms with E-state index in [0.717, 1.165) is 0 Å². The Hall–Kier alpha value is -1.95. The van der Waals surface area contributed by atoms with Crippen molar-refractivity contribution in [2.75, 3.05) is 20.0 Å². The summed E-state index contributed by atoms with van der Waals surface area (Å²) >= 11 is 3.29. The molecule has 0 aliphatic carbocycles. The number of hydrogen-bond donors (Lipinski definition) is 1. The number of methoxy groups -OCH3 is 2. The van der Waals surface area contributed by atoms with Gasteiger partial charge in [0.2, 0.25) is 0 Å². The minimum atomic E-state index is -0.401. The van der Waals surface area contributed by atoms with Crippen LogP contribution in [0.1, 0.15) is 0 Å². The summed E-state index contributed by atoms with van der Waals surface area (Å²) in [6, 6.07) is 7.32. The first-order valence-electron chi connectivity index (χ1n) is 5.69. The molecular formula is C14H13BrFNO3. The van der Waals surface area contributed by atoms with Crippen molar-refractivity contribution in [1.82, 2.24) is 0 Å². The third kappa shape index (κ3) is 2.96. The summed E-state index contributed by atoms with van der Waals surface area (Å²) in [4.78, 5) is 0. The van der Waals surface area contributed by atoms with Crippen molar-refractivity contribution in [3.63, 3.8) is 0 Å². The quantitative estimate of drug-likeness (QED) is 0.854. The summed E-state index contributed by atoms with van der Waals surface area (Å²) < 4.78 is 29.8. The lowest BCUT2D eigenvalue weighted by atomic mass is 10.2. The Morgan fingerprint density at radius 1 is 0.950 bits per heavy atom. The Morgan fingerprint density at radius 3 is 2.25 bits per heavy atom. The molecule has 0 aliphatic heterocycles. The van der Waals surface area contributed by atoms with E-state index in [1.54, 1.807) is 18.2 Å². The number of hydrogen-bond acceptors (Lipinski definition) is 4. The first-order chi connectivity index (χ1) is 9.55. The van der Waals surface area contributed by atoms with Crippen LogP contribution in [0, 0.1) is 5.82 Å². The summed E-state index contributed by atoms with van der Waals surface area (Å²) in [7, 11) is 3.02. The van der Waals surface area contributed by atoms with Gasteiger partial charge >= 0.3 is 0 Å². The van der Waals surface area contributed by atoms with E-state index in [2.05, 4.69) is 15.9 Å². The maximum absolute atomic E-state index is 13.2. The molecule has 4 nitrogen and oxygen atoms in total. The highest BCUT2D eigenvalue weighted by Crippen LogP contribution is 2.39. The lowest BCUT2D eigenvalue weighted by molar-refractivity contribution is 0.352. The summed E-state index contributed by atoms with van der Waals surface area (Å²) in [6.07, 6.45) is 0. The van der Waals surface area contributed by atoms with E-state index in [9.17, 15) is 4.39 Å². The Kier molecular flexibility index (Phi) is 4.34. The fraction of sp³-hybridized carbons (Fsp3) is 0.143. The zero-order valence-corrected chi connectivity index (χ0v) is 12.5. The van der Waals surface area contributed by atoms with E-state index in [1.807, 2.05) is 0 Å². The minimum absolute atomic E-state index is 0.323. The Labute approximate surface area is 124 Å². The molecule has 6 heteroatoms. The van der Waals surface area contributed by atoms with Crippen molar-refractivity contribution in [2.45, 2.75) is 0 Å². The standard InChI is InChI=1S/C14H13BrFNO3/c1-18-13-6-10(17)12(7-14(13)19-2)20-11-5-8(16)3-4-9(11)15/h3-7H,17H2,1-2H3. The number of ether oxygens (including phenoxy) is 3. The van der Waals surface area contributed by atoms with Gasteiger partial charge in [-0.1, -0.05) is 0 Å². The predicted molar refractivity (Wildman–Crippen MR) is 78.1 cm³/mol. The highest BCUT2D eigenvalue weighted by molar-refractivity contribution is 9.10. The van der Waals surface area contributed by atoms with Crippen LogP contribution in [0.4, 0.5) is 10.1 Å². The third-order valence-corrected chi connectivity index (χ3v) is 3.28. The SMILES string of the molecule is COc1cc(N)c(Oc2cc(F)ccc2Br)cc1OC. The van der Waals surface area contributed by atoms with E-state index >= 15 is 0 Å². The number of benzene rings is 2. The van der Waals surface area contributed by atoms with Gasteiger partial charge in [-0.2, -0.15) is 0 Å². The van der Waals surface area contributed by atoms with Gasteiger partial charge in [-0.3, -0.25) is 0 Å². The normalized spacial score (nSPS) is 10.2. The van der Waals surface area contributed by atoms with Gasteiger partial charge in [-0.25, -0.2) is 4.39 Å². The number of halogens is 2. The van der Waals surface area contributed by atoms with Crippen LogP contribution in [0.15, 0.2) is 34.8 Å². The molecule has 0 radical (unpaired) electrons. The molecule has 0 atom stereocenters. The smallest absolute Gasteiger partial charge is 0.164 e. The lowest BCUT2D eigenvalue weighted by Gasteiger charge is -2.14. The fourth-order valence-electron chi connectivity index (χ4n) is 1.64. The summed E-state index contributed by atoms with van der Waals surface area (Å²) in [5.41, 5.74) is 6.25. The number of rotatable bonds is 4. The average Bonchev–Trinajstić information content (AvgIpc) is 2.44.